The smallest absolute Gasteiger partial charge is 0.270 e. The van der Waals surface area contributed by atoms with Crippen LogP contribution in [-0.2, 0) is 9.53 Å². The van der Waals surface area contributed by atoms with Crippen LogP contribution in [0.15, 0.2) is 29.0 Å². The van der Waals surface area contributed by atoms with Gasteiger partial charge < -0.3 is 15.0 Å². The topological polar surface area (TPSA) is 84.4 Å². The quantitative estimate of drug-likeness (QED) is 0.802. The predicted molar refractivity (Wildman–Crippen MR) is 103 cm³/mol. The number of aromatic nitrogens is 2. The number of ether oxygens (including phenoxy) is 1. The third kappa shape index (κ3) is 3.68. The first kappa shape index (κ1) is 18.3. The molecule has 8 heteroatoms. The van der Waals surface area contributed by atoms with Crippen molar-refractivity contribution >= 4 is 38.6 Å². The second kappa shape index (κ2) is 7.52. The third-order valence-corrected chi connectivity index (χ3v) is 5.93. The van der Waals surface area contributed by atoms with E-state index in [1.165, 1.54) is 0 Å². The van der Waals surface area contributed by atoms with Gasteiger partial charge in [-0.05, 0) is 40.4 Å². The molecule has 2 aromatic heterocycles. The van der Waals surface area contributed by atoms with Crippen molar-refractivity contribution < 1.29 is 14.3 Å². The number of pyridine rings is 2. The number of carbonyl (C=O) groups is 2. The zero-order valence-corrected chi connectivity index (χ0v) is 16.6. The summed E-state index contributed by atoms with van der Waals surface area (Å²) < 4.78 is 6.06. The van der Waals surface area contributed by atoms with Crippen LogP contribution in [0.25, 0.3) is 10.9 Å². The van der Waals surface area contributed by atoms with E-state index in [9.17, 15) is 9.59 Å². The summed E-state index contributed by atoms with van der Waals surface area (Å²) in [5.41, 5.74) is 1.06. The molecular weight excluding hydrogens is 412 g/mol. The number of fused-ring (bicyclic) bond motifs is 1. The van der Waals surface area contributed by atoms with E-state index in [0.29, 0.717) is 30.9 Å². The Morgan fingerprint density at radius 1 is 1.30 bits per heavy atom. The summed E-state index contributed by atoms with van der Waals surface area (Å²) in [5.74, 6) is 0.0935. The zero-order valence-electron chi connectivity index (χ0n) is 15.0. The number of halogens is 1. The fourth-order valence-corrected chi connectivity index (χ4v) is 3.91. The summed E-state index contributed by atoms with van der Waals surface area (Å²) in [4.78, 5) is 35.6. The molecule has 7 nitrogen and oxygen atoms in total. The van der Waals surface area contributed by atoms with Gasteiger partial charge in [-0.15, -0.1) is 0 Å². The molecule has 3 atom stereocenters. The number of likely N-dealkylation sites (tertiary alicyclic amines) is 1. The molecule has 0 aliphatic carbocycles. The molecule has 142 valence electrons. The highest BCUT2D eigenvalue weighted by atomic mass is 79.9. The summed E-state index contributed by atoms with van der Waals surface area (Å²) >= 11 is 3.43. The van der Waals surface area contributed by atoms with Crippen LogP contribution < -0.4 is 5.32 Å². The van der Waals surface area contributed by atoms with Gasteiger partial charge in [-0.1, -0.05) is 6.92 Å². The molecule has 0 bridgehead atoms. The zero-order chi connectivity index (χ0) is 19.0. The molecular formula is C19H21BrN4O3. The van der Waals surface area contributed by atoms with Crippen molar-refractivity contribution in [3.05, 3.63) is 34.7 Å². The Hall–Kier alpha value is -2.06. The molecule has 0 radical (unpaired) electrons. The fourth-order valence-electron chi connectivity index (χ4n) is 3.47. The minimum atomic E-state index is -0.303. The number of piperidine rings is 1. The minimum absolute atomic E-state index is 0.0349. The van der Waals surface area contributed by atoms with Crippen LogP contribution >= 0.6 is 15.9 Å². The average Bonchev–Trinajstić information content (AvgIpc) is 2.62. The molecule has 4 rings (SSSR count). The summed E-state index contributed by atoms with van der Waals surface area (Å²) in [6.45, 7) is 3.97. The van der Waals surface area contributed by atoms with Crippen LogP contribution in [0.1, 0.15) is 30.3 Å². The number of hydrogen-bond acceptors (Lipinski definition) is 5. The van der Waals surface area contributed by atoms with Crippen LogP contribution in [0.2, 0.25) is 0 Å². The molecule has 2 aromatic rings. The van der Waals surface area contributed by atoms with Gasteiger partial charge in [0, 0.05) is 43.3 Å². The highest BCUT2D eigenvalue weighted by Gasteiger charge is 2.36. The van der Waals surface area contributed by atoms with Crippen LogP contribution in [0.5, 0.6) is 0 Å². The number of nitrogens with zero attached hydrogens (tertiary/aromatic N) is 3. The Bertz CT molecular complexity index is 886. The number of hydrogen-bond donors (Lipinski definition) is 1. The van der Waals surface area contributed by atoms with E-state index in [2.05, 4.69) is 38.1 Å². The second-order valence-corrected chi connectivity index (χ2v) is 8.02. The van der Waals surface area contributed by atoms with Gasteiger partial charge in [-0.3, -0.25) is 14.6 Å². The molecule has 0 spiro atoms. The van der Waals surface area contributed by atoms with Gasteiger partial charge in [0.2, 0.25) is 0 Å². The molecule has 2 saturated heterocycles. The Morgan fingerprint density at radius 3 is 2.85 bits per heavy atom. The van der Waals surface area contributed by atoms with Crippen LogP contribution in [-0.4, -0.2) is 58.5 Å². The van der Waals surface area contributed by atoms with Gasteiger partial charge in [-0.25, -0.2) is 4.98 Å². The van der Waals surface area contributed by atoms with E-state index in [4.69, 9.17) is 4.74 Å². The van der Waals surface area contributed by atoms with E-state index in [1.54, 1.807) is 18.5 Å². The lowest BCUT2D eigenvalue weighted by atomic mass is 9.92. The molecule has 2 aliphatic rings. The molecule has 0 saturated carbocycles. The molecule has 3 unspecified atom stereocenters. The van der Waals surface area contributed by atoms with Crippen molar-refractivity contribution in [3.63, 3.8) is 0 Å². The standard InChI is InChI=1S/C19H21BrN4O3/c1-11-4-6-24(19(26)16-5-7-27-16)10-15(11)23-18(25)14-3-2-12-8-21-9-13(20)17(12)22-14/h2-3,8-9,11,15-16H,4-7,10H2,1H3,(H,23,25). The van der Waals surface area contributed by atoms with Crippen LogP contribution in [0.4, 0.5) is 0 Å². The van der Waals surface area contributed by atoms with Crippen LogP contribution in [0, 0.1) is 5.92 Å². The molecule has 4 heterocycles. The first-order valence-corrected chi connectivity index (χ1v) is 9.94. The summed E-state index contributed by atoms with van der Waals surface area (Å²) in [6, 6.07) is 3.43. The van der Waals surface area contributed by atoms with Crippen molar-refractivity contribution in [1.29, 1.82) is 0 Å². The normalized spacial score (nSPS) is 25.1. The highest BCUT2D eigenvalue weighted by molar-refractivity contribution is 9.10. The van der Waals surface area contributed by atoms with E-state index >= 15 is 0 Å². The molecule has 0 aromatic carbocycles. The summed E-state index contributed by atoms with van der Waals surface area (Å²) in [5, 5.41) is 3.93. The van der Waals surface area contributed by atoms with E-state index in [1.807, 2.05) is 11.0 Å². The van der Waals surface area contributed by atoms with Crippen molar-refractivity contribution in [2.75, 3.05) is 19.7 Å². The number of amides is 2. The number of rotatable bonds is 3. The molecule has 2 amide bonds. The number of carbonyl (C=O) groups excluding carboxylic acids is 2. The largest absolute Gasteiger partial charge is 0.368 e. The van der Waals surface area contributed by atoms with Crippen molar-refractivity contribution in [2.45, 2.75) is 31.9 Å². The maximum Gasteiger partial charge on any atom is 0.270 e. The fraction of sp³-hybridized carbons (Fsp3) is 0.474. The predicted octanol–water partition coefficient (Wildman–Crippen LogP) is 2.15. The minimum Gasteiger partial charge on any atom is -0.368 e. The van der Waals surface area contributed by atoms with Crippen LogP contribution in [0.3, 0.4) is 0 Å². The molecule has 2 fully saturated rings. The van der Waals surface area contributed by atoms with Gasteiger partial charge in [0.25, 0.3) is 11.8 Å². The van der Waals surface area contributed by atoms with Gasteiger partial charge in [0.1, 0.15) is 11.8 Å². The van der Waals surface area contributed by atoms with Gasteiger partial charge in [-0.2, -0.15) is 0 Å². The van der Waals surface area contributed by atoms with E-state index in [0.717, 1.165) is 22.7 Å². The lowest BCUT2D eigenvalue weighted by Gasteiger charge is -2.40. The molecule has 2 aliphatic heterocycles. The van der Waals surface area contributed by atoms with Gasteiger partial charge >= 0.3 is 0 Å². The second-order valence-electron chi connectivity index (χ2n) is 7.17. The monoisotopic (exact) mass is 432 g/mol. The first-order valence-electron chi connectivity index (χ1n) is 9.14. The maximum absolute atomic E-state index is 12.8. The Balaban J connectivity index is 1.47. The molecule has 27 heavy (non-hydrogen) atoms. The Morgan fingerprint density at radius 2 is 2.11 bits per heavy atom. The Kier molecular flexibility index (Phi) is 5.10. The average molecular weight is 433 g/mol. The number of nitrogens with one attached hydrogen (secondary N) is 1. The summed E-state index contributed by atoms with van der Waals surface area (Å²) in [7, 11) is 0. The van der Waals surface area contributed by atoms with E-state index in [-0.39, 0.29) is 29.9 Å². The summed E-state index contributed by atoms with van der Waals surface area (Å²) in [6.07, 6.45) is 4.71. The Labute approximate surface area is 165 Å². The first-order chi connectivity index (χ1) is 13.0. The lowest BCUT2D eigenvalue weighted by molar-refractivity contribution is -0.158. The van der Waals surface area contributed by atoms with E-state index < -0.39 is 0 Å². The SMILES string of the molecule is CC1CCN(C(=O)C2CCO2)CC1NC(=O)c1ccc2cncc(Br)c2n1. The maximum atomic E-state index is 12.8. The highest BCUT2D eigenvalue weighted by Crippen LogP contribution is 2.23. The van der Waals surface area contributed by atoms with Crippen molar-refractivity contribution in [3.8, 4) is 0 Å². The molecule has 1 N–H and O–H groups in total. The van der Waals surface area contributed by atoms with Gasteiger partial charge in [0.05, 0.1) is 16.6 Å². The van der Waals surface area contributed by atoms with Crippen molar-refractivity contribution in [1.82, 2.24) is 20.2 Å². The van der Waals surface area contributed by atoms with Crippen molar-refractivity contribution in [2.24, 2.45) is 5.92 Å². The van der Waals surface area contributed by atoms with Gasteiger partial charge in [0.15, 0.2) is 0 Å². The lowest BCUT2D eigenvalue weighted by Crippen LogP contribution is -2.56. The third-order valence-electron chi connectivity index (χ3n) is 5.35.